The van der Waals surface area contributed by atoms with E-state index in [1.165, 1.54) is 24.7 Å². The van der Waals surface area contributed by atoms with E-state index in [1.807, 2.05) is 0 Å². The quantitative estimate of drug-likeness (QED) is 0.905. The molecule has 0 saturated heterocycles. The zero-order chi connectivity index (χ0) is 14.8. The van der Waals surface area contributed by atoms with E-state index in [4.69, 9.17) is 9.84 Å². The molecule has 7 heteroatoms. The van der Waals surface area contributed by atoms with Crippen LogP contribution in [0.3, 0.4) is 0 Å². The monoisotopic (exact) mass is 299 g/mol. The van der Waals surface area contributed by atoms with Crippen molar-refractivity contribution in [1.29, 1.82) is 0 Å². The van der Waals surface area contributed by atoms with Crippen LogP contribution in [0.4, 0.5) is 0 Å². The number of aromatic carboxylic acids is 1. The first-order valence-electron chi connectivity index (χ1n) is 6.40. The molecule has 1 saturated carbocycles. The molecule has 2 atom stereocenters. The predicted octanol–water partition coefficient (Wildman–Crippen LogP) is 1.51. The Morgan fingerprint density at radius 2 is 2.15 bits per heavy atom. The number of rotatable bonds is 4. The Hall–Kier alpha value is -1.63. The van der Waals surface area contributed by atoms with Gasteiger partial charge in [0.15, 0.2) is 0 Å². The molecule has 0 amide bonds. The van der Waals surface area contributed by atoms with E-state index in [9.17, 15) is 13.2 Å². The average molecular weight is 299 g/mol. The van der Waals surface area contributed by atoms with Gasteiger partial charge >= 0.3 is 5.97 Å². The first-order valence-corrected chi connectivity index (χ1v) is 8.35. The SMILES string of the molecule is CS(=O)(=O)C1CCCC(Oc2cncc(C(=O)O)c2)C1. The topological polar surface area (TPSA) is 93.6 Å². The molecule has 0 aliphatic heterocycles. The largest absolute Gasteiger partial charge is 0.489 e. The van der Waals surface area contributed by atoms with Gasteiger partial charge in [0.05, 0.1) is 17.0 Å². The number of hydrogen-bond donors (Lipinski definition) is 1. The van der Waals surface area contributed by atoms with Crippen LogP contribution in [-0.2, 0) is 9.84 Å². The van der Waals surface area contributed by atoms with Crippen LogP contribution in [0.1, 0.15) is 36.0 Å². The van der Waals surface area contributed by atoms with Crippen LogP contribution in [0.15, 0.2) is 18.5 Å². The Balaban J connectivity index is 2.06. The van der Waals surface area contributed by atoms with Crippen molar-refractivity contribution >= 4 is 15.8 Å². The van der Waals surface area contributed by atoms with Crippen LogP contribution in [0, 0.1) is 0 Å². The third-order valence-electron chi connectivity index (χ3n) is 3.45. The number of carboxylic acids is 1. The molecule has 1 aliphatic carbocycles. The Morgan fingerprint density at radius 3 is 2.80 bits per heavy atom. The molecule has 0 spiro atoms. The van der Waals surface area contributed by atoms with Gasteiger partial charge < -0.3 is 9.84 Å². The Kier molecular flexibility index (Phi) is 4.27. The highest BCUT2D eigenvalue weighted by atomic mass is 32.2. The standard InChI is InChI=1S/C13H17NO5S/c1-20(17,18)12-4-2-3-10(6-12)19-11-5-9(13(15)16)7-14-8-11/h5,7-8,10,12H,2-4,6H2,1H3,(H,15,16). The van der Waals surface area contributed by atoms with Crippen molar-refractivity contribution in [2.75, 3.05) is 6.26 Å². The van der Waals surface area contributed by atoms with Crippen LogP contribution < -0.4 is 4.74 Å². The summed E-state index contributed by atoms with van der Waals surface area (Å²) in [4.78, 5) is 14.7. The minimum absolute atomic E-state index is 0.0537. The third kappa shape index (κ3) is 3.69. The second kappa shape index (κ2) is 5.78. The summed E-state index contributed by atoms with van der Waals surface area (Å²) in [7, 11) is -3.06. The van der Waals surface area contributed by atoms with Crippen molar-refractivity contribution in [2.45, 2.75) is 37.0 Å². The lowest BCUT2D eigenvalue weighted by molar-refractivity contribution is 0.0695. The van der Waals surface area contributed by atoms with Gasteiger partial charge in [0.1, 0.15) is 21.7 Å². The van der Waals surface area contributed by atoms with Crippen molar-refractivity contribution < 1.29 is 23.1 Å². The molecule has 110 valence electrons. The number of carbonyl (C=O) groups is 1. The van der Waals surface area contributed by atoms with Crippen LogP contribution in [-0.4, -0.2) is 42.1 Å². The van der Waals surface area contributed by atoms with E-state index < -0.39 is 15.8 Å². The number of aromatic nitrogens is 1. The van der Waals surface area contributed by atoms with Gasteiger partial charge in [-0.2, -0.15) is 0 Å². The molecule has 1 aliphatic rings. The maximum Gasteiger partial charge on any atom is 0.337 e. The van der Waals surface area contributed by atoms with Gasteiger partial charge in [0.2, 0.25) is 0 Å². The molecule has 2 unspecified atom stereocenters. The summed E-state index contributed by atoms with van der Waals surface area (Å²) >= 11 is 0. The smallest absolute Gasteiger partial charge is 0.337 e. The number of nitrogens with zero attached hydrogens (tertiary/aromatic N) is 1. The van der Waals surface area contributed by atoms with E-state index in [-0.39, 0.29) is 16.9 Å². The molecule has 6 nitrogen and oxygen atoms in total. The third-order valence-corrected chi connectivity index (χ3v) is 5.09. The van der Waals surface area contributed by atoms with Crippen molar-refractivity contribution in [2.24, 2.45) is 0 Å². The summed E-state index contributed by atoms with van der Waals surface area (Å²) in [6.45, 7) is 0. The van der Waals surface area contributed by atoms with E-state index in [0.29, 0.717) is 18.6 Å². The predicted molar refractivity (Wildman–Crippen MR) is 72.7 cm³/mol. The van der Waals surface area contributed by atoms with Crippen LogP contribution >= 0.6 is 0 Å². The van der Waals surface area contributed by atoms with Crippen molar-refractivity contribution in [1.82, 2.24) is 4.98 Å². The second-order valence-corrected chi connectivity index (χ2v) is 7.40. The van der Waals surface area contributed by atoms with E-state index >= 15 is 0 Å². The molecule has 1 aromatic rings. The molecule has 0 radical (unpaired) electrons. The minimum Gasteiger partial charge on any atom is -0.489 e. The molecule has 1 aromatic heterocycles. The molecular weight excluding hydrogens is 282 g/mol. The number of sulfone groups is 1. The molecule has 1 heterocycles. The highest BCUT2D eigenvalue weighted by Crippen LogP contribution is 2.27. The van der Waals surface area contributed by atoms with Gasteiger partial charge in [0.25, 0.3) is 0 Å². The normalized spacial score (nSPS) is 23.2. The fourth-order valence-corrected chi connectivity index (χ4v) is 3.55. The second-order valence-electron chi connectivity index (χ2n) is 5.07. The van der Waals surface area contributed by atoms with Gasteiger partial charge in [-0.25, -0.2) is 13.2 Å². The summed E-state index contributed by atoms with van der Waals surface area (Å²) in [5, 5.41) is 8.51. The number of carboxylic acid groups (broad SMARTS) is 1. The zero-order valence-electron chi connectivity index (χ0n) is 11.2. The summed E-state index contributed by atoms with van der Waals surface area (Å²) < 4.78 is 28.8. The average Bonchev–Trinajstić information content (AvgIpc) is 2.38. The Labute approximate surface area is 117 Å². The maximum atomic E-state index is 11.6. The molecular formula is C13H17NO5S. The van der Waals surface area contributed by atoms with Crippen molar-refractivity contribution in [3.8, 4) is 5.75 Å². The lowest BCUT2D eigenvalue weighted by Crippen LogP contribution is -2.33. The molecule has 0 aromatic carbocycles. The fourth-order valence-electron chi connectivity index (χ4n) is 2.39. The Bertz CT molecular complexity index is 599. The van der Waals surface area contributed by atoms with Crippen LogP contribution in [0.25, 0.3) is 0 Å². The lowest BCUT2D eigenvalue weighted by atomic mass is 9.97. The summed E-state index contributed by atoms with van der Waals surface area (Å²) in [5.41, 5.74) is 0.0537. The van der Waals surface area contributed by atoms with Crippen molar-refractivity contribution in [3.63, 3.8) is 0 Å². The first-order chi connectivity index (χ1) is 9.36. The lowest BCUT2D eigenvalue weighted by Gasteiger charge is -2.28. The highest BCUT2D eigenvalue weighted by molar-refractivity contribution is 7.91. The zero-order valence-corrected chi connectivity index (χ0v) is 12.0. The molecule has 0 bridgehead atoms. The minimum atomic E-state index is -3.06. The van der Waals surface area contributed by atoms with Crippen molar-refractivity contribution in [3.05, 3.63) is 24.0 Å². The van der Waals surface area contributed by atoms with Gasteiger partial charge in [-0.1, -0.05) is 0 Å². The number of pyridine rings is 1. The molecule has 1 fully saturated rings. The van der Waals surface area contributed by atoms with Gasteiger partial charge in [-0.15, -0.1) is 0 Å². The van der Waals surface area contributed by atoms with Gasteiger partial charge in [0, 0.05) is 18.9 Å². The summed E-state index contributed by atoms with van der Waals surface area (Å²) in [6.07, 6.45) is 6.37. The number of ether oxygens (including phenoxy) is 1. The van der Waals surface area contributed by atoms with Gasteiger partial charge in [-0.3, -0.25) is 4.98 Å². The van der Waals surface area contributed by atoms with Gasteiger partial charge in [-0.05, 0) is 25.3 Å². The number of hydrogen-bond acceptors (Lipinski definition) is 5. The fraction of sp³-hybridized carbons (Fsp3) is 0.538. The highest BCUT2D eigenvalue weighted by Gasteiger charge is 2.30. The summed E-state index contributed by atoms with van der Waals surface area (Å²) in [6, 6.07) is 1.40. The van der Waals surface area contributed by atoms with E-state index in [1.54, 1.807) is 0 Å². The molecule has 1 N–H and O–H groups in total. The maximum absolute atomic E-state index is 11.6. The summed E-state index contributed by atoms with van der Waals surface area (Å²) in [5.74, 6) is -0.704. The molecule has 2 rings (SSSR count). The van der Waals surface area contributed by atoms with Crippen LogP contribution in [0.2, 0.25) is 0 Å². The van der Waals surface area contributed by atoms with E-state index in [2.05, 4.69) is 4.98 Å². The Morgan fingerprint density at radius 1 is 1.40 bits per heavy atom. The molecule has 20 heavy (non-hydrogen) atoms. The first kappa shape index (κ1) is 14.8. The van der Waals surface area contributed by atoms with Crippen LogP contribution in [0.5, 0.6) is 5.75 Å². The van der Waals surface area contributed by atoms with E-state index in [0.717, 1.165) is 12.8 Å².